The van der Waals surface area contributed by atoms with Gasteiger partial charge in [0.05, 0.1) is 11.6 Å². The van der Waals surface area contributed by atoms with Gasteiger partial charge in [-0.25, -0.2) is 0 Å². The molecule has 0 fully saturated rings. The lowest BCUT2D eigenvalue weighted by molar-refractivity contribution is 0.100. The van der Waals surface area contributed by atoms with Crippen LogP contribution in [0.25, 0.3) is 11.0 Å². The summed E-state index contributed by atoms with van der Waals surface area (Å²) < 4.78 is 6.98. The molecule has 2 aromatic carbocycles. The Hall–Kier alpha value is -4.11. The number of carbonyl (C=O) groups excluding carboxylic acids is 1. The van der Waals surface area contributed by atoms with E-state index in [0.717, 1.165) is 27.5 Å². The van der Waals surface area contributed by atoms with E-state index in [9.17, 15) is 20.0 Å². The van der Waals surface area contributed by atoms with Gasteiger partial charge in [0.15, 0.2) is 5.76 Å². The van der Waals surface area contributed by atoms with E-state index in [-0.39, 0.29) is 22.5 Å². The number of furan rings is 1. The maximum absolute atomic E-state index is 13.6. The van der Waals surface area contributed by atoms with Gasteiger partial charge in [-0.15, -0.1) is 0 Å². The van der Waals surface area contributed by atoms with Crippen molar-refractivity contribution < 1.29 is 14.3 Å². The van der Waals surface area contributed by atoms with Gasteiger partial charge in [0.1, 0.15) is 17.2 Å². The van der Waals surface area contributed by atoms with E-state index in [1.54, 1.807) is 13.8 Å². The second kappa shape index (κ2) is 8.44. The third kappa shape index (κ3) is 3.52. The highest BCUT2D eigenvalue weighted by Crippen LogP contribution is 2.33. The van der Waals surface area contributed by atoms with E-state index in [1.165, 1.54) is 6.92 Å². The van der Waals surface area contributed by atoms with Crippen LogP contribution in [0.1, 0.15) is 63.8 Å². The molecule has 0 amide bonds. The predicted octanol–water partition coefficient (Wildman–Crippen LogP) is 5.19. The monoisotopic (exact) mass is 440 g/mol. The van der Waals surface area contributed by atoms with E-state index in [2.05, 4.69) is 0 Å². The maximum Gasteiger partial charge on any atom is 0.272 e. The molecule has 166 valence electrons. The van der Waals surface area contributed by atoms with Crippen molar-refractivity contribution in [3.05, 3.63) is 98.0 Å². The van der Waals surface area contributed by atoms with Crippen molar-refractivity contribution in [3.63, 3.8) is 0 Å². The molecule has 0 saturated heterocycles. The molecule has 0 bridgehead atoms. The van der Waals surface area contributed by atoms with Crippen LogP contribution in [0.3, 0.4) is 0 Å². The minimum absolute atomic E-state index is 0.0816. The average molecular weight is 440 g/mol. The zero-order valence-corrected chi connectivity index (χ0v) is 19.0. The number of carbonyl (C=O) groups is 1. The van der Waals surface area contributed by atoms with E-state index >= 15 is 0 Å². The molecular formula is C27H24N2O4. The molecule has 6 nitrogen and oxygen atoms in total. The van der Waals surface area contributed by atoms with Crippen molar-refractivity contribution in [1.29, 1.82) is 5.26 Å². The Kier molecular flexibility index (Phi) is 5.65. The molecule has 1 N–H and O–H groups in total. The average Bonchev–Trinajstić information content (AvgIpc) is 3.15. The van der Waals surface area contributed by atoms with E-state index in [1.807, 2.05) is 61.5 Å². The number of ketones is 1. The van der Waals surface area contributed by atoms with E-state index in [4.69, 9.17) is 4.42 Å². The maximum atomic E-state index is 13.6. The smallest absolute Gasteiger partial charge is 0.272 e. The van der Waals surface area contributed by atoms with Gasteiger partial charge in [-0.3, -0.25) is 14.2 Å². The number of aryl methyl sites for hydroxylation is 2. The zero-order chi connectivity index (χ0) is 23.9. The molecule has 4 aromatic rings. The summed E-state index contributed by atoms with van der Waals surface area (Å²) in [6.45, 7) is 7.07. The number of nitriles is 1. The minimum atomic E-state index is -0.644. The van der Waals surface area contributed by atoms with Crippen LogP contribution in [-0.2, 0) is 6.42 Å². The Bertz CT molecular complexity index is 1490. The van der Waals surface area contributed by atoms with Crippen LogP contribution in [-0.4, -0.2) is 15.5 Å². The van der Waals surface area contributed by atoms with Crippen molar-refractivity contribution in [3.8, 4) is 11.9 Å². The van der Waals surface area contributed by atoms with Crippen LogP contribution in [0, 0.1) is 25.2 Å². The fourth-order valence-electron chi connectivity index (χ4n) is 4.25. The first-order chi connectivity index (χ1) is 15.8. The van der Waals surface area contributed by atoms with Crippen LogP contribution in [0.15, 0.2) is 57.7 Å². The van der Waals surface area contributed by atoms with Crippen molar-refractivity contribution in [2.75, 3.05) is 0 Å². The molecule has 0 radical (unpaired) electrons. The first kappa shape index (κ1) is 22.1. The summed E-state index contributed by atoms with van der Waals surface area (Å²) in [5.41, 5.74) is 2.29. The molecule has 4 rings (SSSR count). The number of benzene rings is 2. The Morgan fingerprint density at radius 1 is 1.15 bits per heavy atom. The molecule has 2 aromatic heterocycles. The van der Waals surface area contributed by atoms with Crippen LogP contribution >= 0.6 is 0 Å². The Balaban J connectivity index is 1.96. The number of hydrogen-bond acceptors (Lipinski definition) is 5. The molecule has 0 aliphatic heterocycles. The summed E-state index contributed by atoms with van der Waals surface area (Å²) in [7, 11) is 0. The molecule has 2 heterocycles. The molecular weight excluding hydrogens is 416 g/mol. The number of aromatic nitrogens is 1. The highest BCUT2D eigenvalue weighted by atomic mass is 16.3. The van der Waals surface area contributed by atoms with Crippen LogP contribution in [0.2, 0.25) is 0 Å². The van der Waals surface area contributed by atoms with E-state index in [0.29, 0.717) is 11.1 Å². The molecule has 0 saturated carbocycles. The fraction of sp³-hybridized carbons (Fsp3) is 0.222. The van der Waals surface area contributed by atoms with Gasteiger partial charge in [-0.05, 0) is 56.0 Å². The van der Waals surface area contributed by atoms with Crippen LogP contribution in [0.4, 0.5) is 0 Å². The van der Waals surface area contributed by atoms with Gasteiger partial charge in [0, 0.05) is 10.9 Å². The SMILES string of the molecule is CCc1ccc2oc(C(=O)c3c(C)c(C#N)c(=O)n(C(C)c4ccccc4)c3O)c(C)c2c1. The summed E-state index contributed by atoms with van der Waals surface area (Å²) in [5.74, 6) is -0.965. The molecule has 0 aliphatic carbocycles. The molecule has 0 aliphatic rings. The van der Waals surface area contributed by atoms with Gasteiger partial charge in [0.2, 0.25) is 11.7 Å². The van der Waals surface area contributed by atoms with Crippen LogP contribution < -0.4 is 5.56 Å². The quantitative estimate of drug-likeness (QED) is 0.431. The fourth-order valence-corrected chi connectivity index (χ4v) is 4.25. The number of fused-ring (bicyclic) bond motifs is 1. The first-order valence-electron chi connectivity index (χ1n) is 10.8. The molecule has 33 heavy (non-hydrogen) atoms. The third-order valence-electron chi connectivity index (χ3n) is 6.26. The number of nitrogens with zero attached hydrogens (tertiary/aromatic N) is 2. The molecule has 0 spiro atoms. The first-order valence-corrected chi connectivity index (χ1v) is 10.8. The molecule has 6 heteroatoms. The van der Waals surface area contributed by atoms with Gasteiger partial charge in [0.25, 0.3) is 5.56 Å². The summed E-state index contributed by atoms with van der Waals surface area (Å²) in [5, 5.41) is 21.7. The van der Waals surface area contributed by atoms with E-state index < -0.39 is 23.3 Å². The number of rotatable bonds is 5. The molecule has 1 atom stereocenters. The van der Waals surface area contributed by atoms with Crippen molar-refractivity contribution in [1.82, 2.24) is 4.57 Å². The highest BCUT2D eigenvalue weighted by molar-refractivity contribution is 6.12. The zero-order valence-electron chi connectivity index (χ0n) is 19.0. The van der Waals surface area contributed by atoms with Crippen molar-refractivity contribution >= 4 is 16.8 Å². The number of aromatic hydroxyl groups is 1. The summed E-state index contributed by atoms with van der Waals surface area (Å²) in [6, 6.07) is 16.2. The topological polar surface area (TPSA) is 96.2 Å². The summed E-state index contributed by atoms with van der Waals surface area (Å²) in [4.78, 5) is 26.7. The Labute approximate surface area is 191 Å². The summed E-state index contributed by atoms with van der Waals surface area (Å²) >= 11 is 0. The third-order valence-corrected chi connectivity index (χ3v) is 6.26. The highest BCUT2D eigenvalue weighted by Gasteiger charge is 2.30. The lowest BCUT2D eigenvalue weighted by Gasteiger charge is -2.20. The Morgan fingerprint density at radius 3 is 2.48 bits per heavy atom. The van der Waals surface area contributed by atoms with Crippen LogP contribution in [0.5, 0.6) is 5.88 Å². The van der Waals surface area contributed by atoms with Gasteiger partial charge in [-0.1, -0.05) is 43.3 Å². The number of pyridine rings is 1. The minimum Gasteiger partial charge on any atom is -0.494 e. The van der Waals surface area contributed by atoms with Gasteiger partial charge in [-0.2, -0.15) is 5.26 Å². The van der Waals surface area contributed by atoms with Crippen molar-refractivity contribution in [2.24, 2.45) is 0 Å². The largest absolute Gasteiger partial charge is 0.494 e. The normalized spacial score (nSPS) is 12.0. The Morgan fingerprint density at radius 2 is 1.85 bits per heavy atom. The lowest BCUT2D eigenvalue weighted by Crippen LogP contribution is -2.29. The second-order valence-corrected chi connectivity index (χ2v) is 8.14. The lowest BCUT2D eigenvalue weighted by atomic mass is 9.97. The second-order valence-electron chi connectivity index (χ2n) is 8.14. The molecule has 1 unspecified atom stereocenters. The number of hydrogen-bond donors (Lipinski definition) is 1. The van der Waals surface area contributed by atoms with Gasteiger partial charge >= 0.3 is 0 Å². The van der Waals surface area contributed by atoms with Crippen molar-refractivity contribution in [2.45, 2.75) is 40.2 Å². The predicted molar refractivity (Wildman–Crippen MR) is 126 cm³/mol. The van der Waals surface area contributed by atoms with Gasteiger partial charge < -0.3 is 9.52 Å². The summed E-state index contributed by atoms with van der Waals surface area (Å²) in [6.07, 6.45) is 0.845. The standard InChI is InChI=1S/C27H24N2O4/c1-5-18-11-12-22-20(13-18)16(3)25(33-22)24(30)23-15(2)21(14-28)26(31)29(27(23)32)17(4)19-9-7-6-8-10-19/h6-13,17,32H,5H2,1-4H3.